The number of aryl methyl sites for hydroxylation is 1. The van der Waals surface area contributed by atoms with Gasteiger partial charge in [0.05, 0.1) is 6.54 Å². The van der Waals surface area contributed by atoms with Crippen molar-refractivity contribution in [1.29, 1.82) is 0 Å². The van der Waals surface area contributed by atoms with Crippen molar-refractivity contribution in [3.63, 3.8) is 0 Å². The highest BCUT2D eigenvalue weighted by atomic mass is 16.5. The Labute approximate surface area is 67.2 Å². The fourth-order valence-corrected chi connectivity index (χ4v) is 0.899. The number of hydrogen-bond donors (Lipinski definition) is 0. The van der Waals surface area contributed by atoms with Crippen LogP contribution >= 0.6 is 0 Å². The minimum Gasteiger partial charge on any atom is -0.342 e. The average Bonchev–Trinajstić information content (AvgIpc) is 2.48. The Morgan fingerprint density at radius 2 is 2.27 bits per heavy atom. The molecule has 0 aliphatic heterocycles. The highest BCUT2D eigenvalue weighted by molar-refractivity contribution is 4.63. The second kappa shape index (κ2) is 4.13. The molecule has 1 aromatic rings. The van der Waals surface area contributed by atoms with E-state index in [4.69, 9.17) is 4.74 Å². The standard InChI is InChI=1S/C8H15N2O/c1-3-9-5-6-10(7-9)8-11-4-2/h5-7H,3-4,8H2,1-2H3/q+1. The second-order valence-corrected chi connectivity index (χ2v) is 2.38. The molecule has 1 rings (SSSR count). The van der Waals surface area contributed by atoms with Crippen LogP contribution in [0.2, 0.25) is 0 Å². The van der Waals surface area contributed by atoms with Crippen molar-refractivity contribution >= 4 is 0 Å². The summed E-state index contributed by atoms with van der Waals surface area (Å²) in [5.74, 6) is 0. The van der Waals surface area contributed by atoms with E-state index in [1.165, 1.54) is 0 Å². The van der Waals surface area contributed by atoms with Crippen LogP contribution < -0.4 is 4.57 Å². The highest BCUT2D eigenvalue weighted by Crippen LogP contribution is 1.82. The molecule has 1 heterocycles. The number of nitrogens with zero attached hydrogens (tertiary/aromatic N) is 2. The van der Waals surface area contributed by atoms with Crippen LogP contribution in [-0.2, 0) is 18.0 Å². The van der Waals surface area contributed by atoms with Gasteiger partial charge in [-0.15, -0.1) is 0 Å². The zero-order valence-electron chi connectivity index (χ0n) is 7.16. The van der Waals surface area contributed by atoms with Gasteiger partial charge in [0.15, 0.2) is 6.73 Å². The maximum absolute atomic E-state index is 5.23. The Kier molecular flexibility index (Phi) is 3.11. The Balaban J connectivity index is 2.44. The smallest absolute Gasteiger partial charge is 0.245 e. The number of aromatic nitrogens is 2. The molecule has 3 heteroatoms. The minimum atomic E-state index is 0.656. The van der Waals surface area contributed by atoms with Crippen molar-refractivity contribution in [2.45, 2.75) is 27.1 Å². The topological polar surface area (TPSA) is 18.0 Å². The Morgan fingerprint density at radius 1 is 1.45 bits per heavy atom. The van der Waals surface area contributed by atoms with E-state index in [-0.39, 0.29) is 0 Å². The molecule has 11 heavy (non-hydrogen) atoms. The molecule has 0 aliphatic rings. The normalized spacial score (nSPS) is 10.4. The summed E-state index contributed by atoms with van der Waals surface area (Å²) in [6, 6.07) is 0. The summed E-state index contributed by atoms with van der Waals surface area (Å²) in [5.41, 5.74) is 0. The quantitative estimate of drug-likeness (QED) is 0.588. The average molecular weight is 155 g/mol. The number of ether oxygens (including phenoxy) is 1. The van der Waals surface area contributed by atoms with Gasteiger partial charge in [0.25, 0.3) is 0 Å². The lowest BCUT2D eigenvalue weighted by atomic mass is 10.7. The Morgan fingerprint density at radius 3 is 2.82 bits per heavy atom. The van der Waals surface area contributed by atoms with Gasteiger partial charge in [0, 0.05) is 6.61 Å². The molecule has 0 fully saturated rings. The number of hydrogen-bond acceptors (Lipinski definition) is 1. The monoisotopic (exact) mass is 155 g/mol. The molecule has 62 valence electrons. The fourth-order valence-electron chi connectivity index (χ4n) is 0.899. The molecule has 0 aliphatic carbocycles. The molecule has 0 radical (unpaired) electrons. The molecule has 0 unspecified atom stereocenters. The minimum absolute atomic E-state index is 0.656. The van der Waals surface area contributed by atoms with Crippen LogP contribution in [0.3, 0.4) is 0 Å². The first kappa shape index (κ1) is 8.27. The van der Waals surface area contributed by atoms with Crippen molar-refractivity contribution < 1.29 is 9.30 Å². The summed E-state index contributed by atoms with van der Waals surface area (Å²) in [5, 5.41) is 0. The van der Waals surface area contributed by atoms with E-state index < -0.39 is 0 Å². The molecular formula is C8H15N2O+. The van der Waals surface area contributed by atoms with Crippen molar-refractivity contribution in [3.8, 4) is 0 Å². The lowest BCUT2D eigenvalue weighted by Crippen LogP contribution is -2.32. The Bertz CT molecular complexity index is 208. The SMILES string of the molecule is CCOC[n+]1ccn(CC)c1. The first-order valence-corrected chi connectivity index (χ1v) is 3.99. The van der Waals surface area contributed by atoms with Gasteiger partial charge in [-0.25, -0.2) is 9.13 Å². The molecule has 1 aromatic heterocycles. The van der Waals surface area contributed by atoms with Crippen LogP contribution in [0.4, 0.5) is 0 Å². The summed E-state index contributed by atoms with van der Waals surface area (Å²) in [4.78, 5) is 0. The van der Waals surface area contributed by atoms with Gasteiger partial charge in [-0.1, -0.05) is 0 Å². The summed E-state index contributed by atoms with van der Waals surface area (Å²) >= 11 is 0. The molecule has 0 spiro atoms. The molecule has 0 aromatic carbocycles. The lowest BCUT2D eigenvalue weighted by molar-refractivity contribution is -0.732. The number of rotatable bonds is 4. The number of imidazole rings is 1. The third-order valence-corrected chi connectivity index (χ3v) is 1.56. The van der Waals surface area contributed by atoms with Crippen LogP contribution in [0.5, 0.6) is 0 Å². The van der Waals surface area contributed by atoms with Crippen LogP contribution in [0.1, 0.15) is 13.8 Å². The summed E-state index contributed by atoms with van der Waals surface area (Å²) in [6.07, 6.45) is 6.09. The van der Waals surface area contributed by atoms with E-state index in [0.717, 1.165) is 13.2 Å². The first-order valence-electron chi connectivity index (χ1n) is 3.99. The van der Waals surface area contributed by atoms with E-state index in [1.54, 1.807) is 0 Å². The maximum Gasteiger partial charge on any atom is 0.245 e. The van der Waals surface area contributed by atoms with E-state index >= 15 is 0 Å². The van der Waals surface area contributed by atoms with Crippen LogP contribution in [0.25, 0.3) is 0 Å². The first-order chi connectivity index (χ1) is 5.36. The molecule has 0 amide bonds. The second-order valence-electron chi connectivity index (χ2n) is 2.38. The lowest BCUT2D eigenvalue weighted by Gasteiger charge is -1.94. The molecular weight excluding hydrogens is 140 g/mol. The molecule has 0 saturated carbocycles. The van der Waals surface area contributed by atoms with Crippen LogP contribution in [0.15, 0.2) is 18.7 Å². The van der Waals surface area contributed by atoms with E-state index in [1.807, 2.05) is 30.2 Å². The van der Waals surface area contributed by atoms with Crippen LogP contribution in [0, 0.1) is 0 Å². The van der Waals surface area contributed by atoms with E-state index in [9.17, 15) is 0 Å². The van der Waals surface area contributed by atoms with Gasteiger partial charge < -0.3 is 4.74 Å². The van der Waals surface area contributed by atoms with Crippen molar-refractivity contribution in [3.05, 3.63) is 18.7 Å². The van der Waals surface area contributed by atoms with Crippen molar-refractivity contribution in [2.24, 2.45) is 0 Å². The Hall–Kier alpha value is -0.830. The largest absolute Gasteiger partial charge is 0.342 e. The van der Waals surface area contributed by atoms with Gasteiger partial charge in [-0.2, -0.15) is 0 Å². The van der Waals surface area contributed by atoms with Crippen molar-refractivity contribution in [1.82, 2.24) is 4.57 Å². The van der Waals surface area contributed by atoms with Gasteiger partial charge >= 0.3 is 0 Å². The summed E-state index contributed by atoms with van der Waals surface area (Å²) in [6.45, 7) is 6.55. The molecule has 0 N–H and O–H groups in total. The zero-order valence-corrected chi connectivity index (χ0v) is 7.16. The van der Waals surface area contributed by atoms with Gasteiger partial charge in [0.1, 0.15) is 12.4 Å². The molecule has 0 atom stereocenters. The highest BCUT2D eigenvalue weighted by Gasteiger charge is 1.99. The molecule has 0 bridgehead atoms. The summed E-state index contributed by atoms with van der Waals surface area (Å²) < 4.78 is 9.36. The van der Waals surface area contributed by atoms with Crippen LogP contribution in [-0.4, -0.2) is 11.2 Å². The molecule has 3 nitrogen and oxygen atoms in total. The third-order valence-electron chi connectivity index (χ3n) is 1.56. The maximum atomic E-state index is 5.23. The summed E-state index contributed by atoms with van der Waals surface area (Å²) in [7, 11) is 0. The van der Waals surface area contributed by atoms with Gasteiger partial charge in [-0.05, 0) is 13.8 Å². The molecule has 0 saturated heterocycles. The van der Waals surface area contributed by atoms with E-state index in [0.29, 0.717) is 6.73 Å². The predicted molar refractivity (Wildman–Crippen MR) is 41.9 cm³/mol. The van der Waals surface area contributed by atoms with Gasteiger partial charge in [0.2, 0.25) is 6.33 Å². The zero-order chi connectivity index (χ0) is 8.10. The predicted octanol–water partition coefficient (Wildman–Crippen LogP) is 0.789. The van der Waals surface area contributed by atoms with E-state index in [2.05, 4.69) is 11.5 Å². The third kappa shape index (κ3) is 2.35. The van der Waals surface area contributed by atoms with Gasteiger partial charge in [-0.3, -0.25) is 0 Å². The fraction of sp³-hybridized carbons (Fsp3) is 0.625. The van der Waals surface area contributed by atoms with Crippen molar-refractivity contribution in [2.75, 3.05) is 6.61 Å².